The van der Waals surface area contributed by atoms with Gasteiger partial charge in [0.15, 0.2) is 5.82 Å². The highest BCUT2D eigenvalue weighted by Gasteiger charge is 2.29. The summed E-state index contributed by atoms with van der Waals surface area (Å²) in [7, 11) is -2.21. The van der Waals surface area contributed by atoms with E-state index in [9.17, 15) is 17.2 Å². The van der Waals surface area contributed by atoms with Crippen LogP contribution in [0.3, 0.4) is 0 Å². The van der Waals surface area contributed by atoms with Crippen molar-refractivity contribution in [3.63, 3.8) is 0 Å². The van der Waals surface area contributed by atoms with Crippen molar-refractivity contribution in [3.05, 3.63) is 69.5 Å². The van der Waals surface area contributed by atoms with Crippen LogP contribution in [0, 0.1) is 25.5 Å². The molecule has 10 heteroatoms. The summed E-state index contributed by atoms with van der Waals surface area (Å²) in [6.07, 6.45) is 0.844. The van der Waals surface area contributed by atoms with E-state index in [0.29, 0.717) is 35.5 Å². The Morgan fingerprint density at radius 2 is 2.03 bits per heavy atom. The summed E-state index contributed by atoms with van der Waals surface area (Å²) in [4.78, 5) is 7.65. The molecule has 1 aliphatic heterocycles. The summed E-state index contributed by atoms with van der Waals surface area (Å²) in [5.41, 5.74) is 4.08. The first-order valence-electron chi connectivity index (χ1n) is 10.6. The summed E-state index contributed by atoms with van der Waals surface area (Å²) in [5.74, 6) is -0.827. The second kappa shape index (κ2) is 9.36. The van der Waals surface area contributed by atoms with Crippen LogP contribution in [0.5, 0.6) is 0 Å². The maximum Gasteiger partial charge on any atom is 0.266 e. The van der Waals surface area contributed by atoms with Crippen molar-refractivity contribution in [1.29, 1.82) is 0 Å². The number of nitrogens with zero attached hydrogens (tertiary/aromatic N) is 3. The molecule has 0 bridgehead atoms. The van der Waals surface area contributed by atoms with Gasteiger partial charge in [-0.15, -0.1) is 11.3 Å². The minimum atomic E-state index is -4.09. The number of hydrogen-bond donors (Lipinski definition) is 1. The van der Waals surface area contributed by atoms with Crippen LogP contribution in [0.15, 0.2) is 46.1 Å². The molecule has 1 aromatic heterocycles. The number of nitrogens with one attached hydrogen (secondary N) is 1. The molecule has 2 aromatic carbocycles. The lowest BCUT2D eigenvalue weighted by molar-refractivity contribution is 0.320. The maximum atomic E-state index is 14.9. The molecule has 6 nitrogen and oxygen atoms in total. The minimum absolute atomic E-state index is 0.103. The van der Waals surface area contributed by atoms with Gasteiger partial charge in [-0.25, -0.2) is 22.2 Å². The third-order valence-electron chi connectivity index (χ3n) is 6.05. The van der Waals surface area contributed by atoms with Crippen molar-refractivity contribution >= 4 is 32.9 Å². The van der Waals surface area contributed by atoms with Crippen molar-refractivity contribution in [2.75, 3.05) is 29.8 Å². The third kappa shape index (κ3) is 5.02. The molecule has 1 fully saturated rings. The van der Waals surface area contributed by atoms with E-state index in [-0.39, 0.29) is 17.7 Å². The average molecular weight is 493 g/mol. The van der Waals surface area contributed by atoms with Crippen molar-refractivity contribution in [2.24, 2.45) is 0 Å². The van der Waals surface area contributed by atoms with Gasteiger partial charge in [0.05, 0.1) is 5.51 Å². The molecule has 1 saturated heterocycles. The quantitative estimate of drug-likeness (QED) is 0.524. The van der Waals surface area contributed by atoms with Crippen LogP contribution >= 0.6 is 11.3 Å². The molecule has 33 heavy (non-hydrogen) atoms. The van der Waals surface area contributed by atoms with Crippen LogP contribution in [0.25, 0.3) is 0 Å². The minimum Gasteiger partial charge on any atom is -0.370 e. The first kappa shape index (κ1) is 23.6. The Morgan fingerprint density at radius 3 is 2.76 bits per heavy atom. The van der Waals surface area contributed by atoms with Gasteiger partial charge in [0.25, 0.3) is 10.0 Å². The molecule has 176 valence electrons. The van der Waals surface area contributed by atoms with Crippen LogP contribution in [0.4, 0.5) is 20.3 Å². The lowest BCUT2D eigenvalue weighted by Gasteiger charge is -2.29. The van der Waals surface area contributed by atoms with Gasteiger partial charge in [-0.3, -0.25) is 9.62 Å². The van der Waals surface area contributed by atoms with Crippen molar-refractivity contribution < 1.29 is 17.2 Å². The van der Waals surface area contributed by atoms with Crippen LogP contribution < -0.4 is 9.62 Å². The van der Waals surface area contributed by atoms with Gasteiger partial charge in [-0.05, 0) is 43.5 Å². The van der Waals surface area contributed by atoms with Crippen LogP contribution in [-0.4, -0.2) is 44.5 Å². The SMILES string of the molecule is Cc1cc(S(=O)(=O)Nc2cscn2)c(F)cc1N(C)C1CCN(Cc2cccc(C)c2F)C1. The van der Waals surface area contributed by atoms with Gasteiger partial charge < -0.3 is 4.90 Å². The number of rotatable bonds is 7. The molecule has 2 heterocycles. The molecule has 0 saturated carbocycles. The second-order valence-electron chi connectivity index (χ2n) is 8.38. The number of benzene rings is 2. The van der Waals surface area contributed by atoms with E-state index >= 15 is 0 Å². The molecule has 0 spiro atoms. The molecule has 3 aromatic rings. The highest BCUT2D eigenvalue weighted by molar-refractivity contribution is 7.92. The largest absolute Gasteiger partial charge is 0.370 e. The fraction of sp³-hybridized carbons (Fsp3) is 0.348. The zero-order valence-electron chi connectivity index (χ0n) is 18.7. The fourth-order valence-corrected chi connectivity index (χ4v) is 5.93. The number of thiazole rings is 1. The topological polar surface area (TPSA) is 65.5 Å². The monoisotopic (exact) mass is 492 g/mol. The number of likely N-dealkylation sites (tertiary alicyclic amines) is 1. The Balaban J connectivity index is 1.49. The third-order valence-corrected chi connectivity index (χ3v) is 8.01. The molecule has 1 unspecified atom stereocenters. The van der Waals surface area contributed by atoms with Gasteiger partial charge in [0.1, 0.15) is 16.5 Å². The number of anilines is 2. The van der Waals surface area contributed by atoms with E-state index in [1.54, 1.807) is 31.4 Å². The number of likely N-dealkylation sites (N-methyl/N-ethyl adjacent to an activating group) is 1. The Bertz CT molecular complexity index is 1250. The molecule has 1 atom stereocenters. The van der Waals surface area contributed by atoms with E-state index < -0.39 is 20.7 Å². The van der Waals surface area contributed by atoms with Crippen molar-refractivity contribution in [3.8, 4) is 0 Å². The molecule has 4 rings (SSSR count). The predicted octanol–water partition coefficient (Wildman–Crippen LogP) is 4.55. The summed E-state index contributed by atoms with van der Waals surface area (Å²) >= 11 is 1.24. The fourth-order valence-electron chi connectivity index (χ4n) is 4.23. The molecule has 0 aliphatic carbocycles. The molecular formula is C23H26F2N4O2S2. The number of halogens is 2. The first-order chi connectivity index (χ1) is 15.7. The number of hydrogen-bond acceptors (Lipinski definition) is 6. The van der Waals surface area contributed by atoms with Gasteiger partial charge in [-0.1, -0.05) is 18.2 Å². The van der Waals surface area contributed by atoms with Crippen LogP contribution in [0.2, 0.25) is 0 Å². The van der Waals surface area contributed by atoms with Crippen molar-refractivity contribution in [2.45, 2.75) is 37.8 Å². The Labute approximate surface area is 196 Å². The molecule has 1 N–H and O–H groups in total. The summed E-state index contributed by atoms with van der Waals surface area (Å²) in [6, 6.07) is 8.15. The Hall–Kier alpha value is -2.56. The van der Waals surface area contributed by atoms with Gasteiger partial charge >= 0.3 is 0 Å². The normalized spacial score (nSPS) is 16.8. The molecule has 1 aliphatic rings. The van der Waals surface area contributed by atoms with Gasteiger partial charge in [0, 0.05) is 49.4 Å². The zero-order chi connectivity index (χ0) is 23.8. The van der Waals surface area contributed by atoms with Crippen LogP contribution in [0.1, 0.15) is 23.1 Å². The standard InChI is InChI=1S/C23H26F2N4O2S2/c1-15-5-4-6-17(23(15)25)11-29-8-7-18(12-29)28(3)20-10-19(24)21(9-16(20)2)33(30,31)27-22-13-32-14-26-22/h4-6,9-10,13-14,18,27H,7-8,11-12H2,1-3H3. The number of aryl methyl sites for hydroxylation is 2. The summed E-state index contributed by atoms with van der Waals surface area (Å²) in [5, 5.41) is 1.54. The summed E-state index contributed by atoms with van der Waals surface area (Å²) in [6.45, 7) is 5.55. The predicted molar refractivity (Wildman–Crippen MR) is 127 cm³/mol. The zero-order valence-corrected chi connectivity index (χ0v) is 20.3. The Morgan fingerprint density at radius 1 is 1.24 bits per heavy atom. The second-order valence-corrected chi connectivity index (χ2v) is 10.8. The molecular weight excluding hydrogens is 466 g/mol. The van der Waals surface area contributed by atoms with E-state index in [0.717, 1.165) is 13.0 Å². The molecule has 0 radical (unpaired) electrons. The number of aromatic nitrogens is 1. The lowest BCUT2D eigenvalue weighted by atomic mass is 10.1. The van der Waals surface area contributed by atoms with E-state index in [4.69, 9.17) is 0 Å². The average Bonchev–Trinajstić information content (AvgIpc) is 3.44. The maximum absolute atomic E-state index is 14.9. The highest BCUT2D eigenvalue weighted by atomic mass is 32.2. The van der Waals surface area contributed by atoms with E-state index in [1.807, 2.05) is 18.0 Å². The Kier molecular flexibility index (Phi) is 6.69. The summed E-state index contributed by atoms with van der Waals surface area (Å²) < 4.78 is 56.9. The first-order valence-corrected chi connectivity index (χ1v) is 13.0. The van der Waals surface area contributed by atoms with Gasteiger partial charge in [-0.2, -0.15) is 0 Å². The van der Waals surface area contributed by atoms with Crippen molar-refractivity contribution in [1.82, 2.24) is 9.88 Å². The van der Waals surface area contributed by atoms with E-state index in [2.05, 4.69) is 14.6 Å². The van der Waals surface area contributed by atoms with E-state index in [1.165, 1.54) is 29.0 Å². The lowest BCUT2D eigenvalue weighted by Crippen LogP contribution is -2.35. The molecule has 0 amide bonds. The smallest absolute Gasteiger partial charge is 0.266 e. The number of sulfonamides is 1. The van der Waals surface area contributed by atoms with Gasteiger partial charge in [0.2, 0.25) is 0 Å². The highest BCUT2D eigenvalue weighted by Crippen LogP contribution is 2.30. The van der Waals surface area contributed by atoms with Crippen LogP contribution in [-0.2, 0) is 16.6 Å².